The van der Waals surface area contributed by atoms with Gasteiger partial charge in [-0.25, -0.2) is 12.7 Å². The Kier molecular flexibility index (Phi) is 7.48. The molecule has 1 aliphatic heterocycles. The molecule has 0 radical (unpaired) electrons. The third-order valence-corrected chi connectivity index (χ3v) is 5.61. The summed E-state index contributed by atoms with van der Waals surface area (Å²) in [6.45, 7) is 11.7. The summed E-state index contributed by atoms with van der Waals surface area (Å²) < 4.78 is 26.8. The molecule has 1 aliphatic rings. The Hall–Kier alpha value is -0.130. The molecule has 1 fully saturated rings. The summed E-state index contributed by atoms with van der Waals surface area (Å²) in [6.07, 6.45) is 3.05. The molecule has 120 valence electrons. The zero-order chi connectivity index (χ0) is 15.2. The van der Waals surface area contributed by atoms with Crippen molar-refractivity contribution in [2.24, 2.45) is 17.8 Å². The highest BCUT2D eigenvalue weighted by molar-refractivity contribution is 7.89. The lowest BCUT2D eigenvalue weighted by Gasteiger charge is -2.27. The molecule has 0 atom stereocenters. The Labute approximate surface area is 125 Å². The highest BCUT2D eigenvalue weighted by Gasteiger charge is 2.25. The maximum absolute atomic E-state index is 12.6. The van der Waals surface area contributed by atoms with E-state index >= 15 is 0 Å². The van der Waals surface area contributed by atoms with Crippen molar-refractivity contribution >= 4 is 10.0 Å². The summed E-state index contributed by atoms with van der Waals surface area (Å²) in [6, 6.07) is 0. The van der Waals surface area contributed by atoms with E-state index in [2.05, 4.69) is 33.0 Å². The van der Waals surface area contributed by atoms with Gasteiger partial charge in [-0.3, -0.25) is 0 Å². The number of hydrogen-bond donors (Lipinski definition) is 1. The molecular weight excluding hydrogens is 272 g/mol. The van der Waals surface area contributed by atoms with E-state index in [1.54, 1.807) is 4.31 Å². The van der Waals surface area contributed by atoms with E-state index in [9.17, 15) is 8.42 Å². The van der Waals surface area contributed by atoms with Crippen molar-refractivity contribution in [3.05, 3.63) is 0 Å². The van der Waals surface area contributed by atoms with E-state index in [4.69, 9.17) is 0 Å². The topological polar surface area (TPSA) is 49.4 Å². The molecule has 1 heterocycles. The van der Waals surface area contributed by atoms with Crippen LogP contribution < -0.4 is 5.32 Å². The minimum Gasteiger partial charge on any atom is -0.317 e. The van der Waals surface area contributed by atoms with Crippen LogP contribution in [0, 0.1) is 17.8 Å². The van der Waals surface area contributed by atoms with Gasteiger partial charge in [-0.2, -0.15) is 0 Å². The van der Waals surface area contributed by atoms with Gasteiger partial charge in [0, 0.05) is 13.1 Å². The lowest BCUT2D eigenvalue weighted by atomic mass is 9.96. The van der Waals surface area contributed by atoms with Crippen LogP contribution in [0.15, 0.2) is 0 Å². The maximum Gasteiger partial charge on any atom is 0.214 e. The average molecular weight is 305 g/mol. The Morgan fingerprint density at radius 3 is 2.00 bits per heavy atom. The Morgan fingerprint density at radius 1 is 1.05 bits per heavy atom. The number of piperidine rings is 1. The van der Waals surface area contributed by atoms with Crippen LogP contribution in [0.2, 0.25) is 0 Å². The Balaban J connectivity index is 2.56. The molecule has 20 heavy (non-hydrogen) atoms. The Morgan fingerprint density at radius 2 is 1.55 bits per heavy atom. The molecule has 0 amide bonds. The second kappa shape index (κ2) is 8.35. The van der Waals surface area contributed by atoms with Crippen LogP contribution in [-0.2, 0) is 10.0 Å². The van der Waals surface area contributed by atoms with Crippen LogP contribution in [0.25, 0.3) is 0 Å². The molecule has 4 nitrogen and oxygen atoms in total. The first-order chi connectivity index (χ1) is 9.31. The van der Waals surface area contributed by atoms with Crippen molar-refractivity contribution in [3.63, 3.8) is 0 Å². The van der Waals surface area contributed by atoms with Gasteiger partial charge < -0.3 is 5.32 Å². The van der Waals surface area contributed by atoms with Crippen molar-refractivity contribution in [3.8, 4) is 0 Å². The number of nitrogens with zero attached hydrogens (tertiary/aromatic N) is 1. The molecule has 0 saturated carbocycles. The molecule has 0 aromatic rings. The highest BCUT2D eigenvalue weighted by atomic mass is 32.2. The van der Waals surface area contributed by atoms with Gasteiger partial charge in [-0.05, 0) is 50.1 Å². The molecule has 0 spiro atoms. The second-order valence-electron chi connectivity index (χ2n) is 6.90. The summed E-state index contributed by atoms with van der Waals surface area (Å²) in [7, 11) is -3.10. The molecule has 1 saturated heterocycles. The Bertz CT molecular complexity index is 350. The molecule has 1 N–H and O–H groups in total. The number of rotatable bonds is 8. The number of sulfonamides is 1. The minimum atomic E-state index is -3.10. The first kappa shape index (κ1) is 17.9. The second-order valence-corrected chi connectivity index (χ2v) is 8.99. The highest BCUT2D eigenvalue weighted by Crippen LogP contribution is 2.19. The van der Waals surface area contributed by atoms with E-state index in [0.717, 1.165) is 32.4 Å². The fourth-order valence-corrected chi connectivity index (χ4v) is 4.67. The van der Waals surface area contributed by atoms with E-state index in [1.807, 2.05) is 0 Å². The normalized spacial score (nSPS) is 18.4. The minimum absolute atomic E-state index is 0.317. The molecule has 0 aromatic carbocycles. The van der Waals surface area contributed by atoms with Crippen molar-refractivity contribution in [2.75, 3.05) is 31.9 Å². The van der Waals surface area contributed by atoms with Crippen LogP contribution in [0.4, 0.5) is 0 Å². The van der Waals surface area contributed by atoms with E-state index in [-0.39, 0.29) is 0 Å². The van der Waals surface area contributed by atoms with Gasteiger partial charge in [-0.1, -0.05) is 27.7 Å². The van der Waals surface area contributed by atoms with Crippen molar-refractivity contribution in [1.82, 2.24) is 9.62 Å². The summed E-state index contributed by atoms with van der Waals surface area (Å²) >= 11 is 0. The SMILES string of the molecule is CC(C)CN(CC(C)C)S(=O)(=O)CCC1CCNCC1. The summed E-state index contributed by atoms with van der Waals surface area (Å²) in [5.74, 6) is 1.65. The molecule has 5 heteroatoms. The molecular formula is C15H32N2O2S. The number of hydrogen-bond acceptors (Lipinski definition) is 3. The summed E-state index contributed by atoms with van der Waals surface area (Å²) in [5, 5.41) is 3.33. The third-order valence-electron chi connectivity index (χ3n) is 3.77. The van der Waals surface area contributed by atoms with Crippen LogP contribution in [0.5, 0.6) is 0 Å². The monoisotopic (exact) mass is 304 g/mol. The van der Waals surface area contributed by atoms with E-state index in [0.29, 0.717) is 36.6 Å². The van der Waals surface area contributed by atoms with Gasteiger partial charge in [0.1, 0.15) is 0 Å². The van der Waals surface area contributed by atoms with Gasteiger partial charge in [-0.15, -0.1) is 0 Å². The van der Waals surface area contributed by atoms with Gasteiger partial charge in [0.25, 0.3) is 0 Å². The number of nitrogens with one attached hydrogen (secondary N) is 1. The molecule has 0 aliphatic carbocycles. The first-order valence-electron chi connectivity index (χ1n) is 7.99. The van der Waals surface area contributed by atoms with E-state index in [1.165, 1.54) is 0 Å². The van der Waals surface area contributed by atoms with Crippen LogP contribution >= 0.6 is 0 Å². The quantitative estimate of drug-likeness (QED) is 0.749. The van der Waals surface area contributed by atoms with Gasteiger partial charge >= 0.3 is 0 Å². The van der Waals surface area contributed by atoms with Crippen molar-refractivity contribution in [2.45, 2.75) is 47.0 Å². The molecule has 0 unspecified atom stereocenters. The summed E-state index contributed by atoms with van der Waals surface area (Å²) in [5.41, 5.74) is 0. The fourth-order valence-electron chi connectivity index (χ4n) is 2.73. The first-order valence-corrected chi connectivity index (χ1v) is 9.60. The van der Waals surface area contributed by atoms with Crippen LogP contribution in [0.3, 0.4) is 0 Å². The van der Waals surface area contributed by atoms with E-state index < -0.39 is 10.0 Å². The smallest absolute Gasteiger partial charge is 0.214 e. The van der Waals surface area contributed by atoms with Gasteiger partial charge in [0.2, 0.25) is 10.0 Å². The largest absolute Gasteiger partial charge is 0.317 e. The van der Waals surface area contributed by atoms with Crippen LogP contribution in [0.1, 0.15) is 47.0 Å². The zero-order valence-corrected chi connectivity index (χ0v) is 14.4. The third kappa shape index (κ3) is 6.55. The predicted octanol–water partition coefficient (Wildman–Crippen LogP) is 2.32. The zero-order valence-electron chi connectivity index (χ0n) is 13.6. The lowest BCUT2D eigenvalue weighted by Crippen LogP contribution is -2.39. The molecule has 1 rings (SSSR count). The maximum atomic E-state index is 12.6. The van der Waals surface area contributed by atoms with Crippen molar-refractivity contribution < 1.29 is 8.42 Å². The van der Waals surface area contributed by atoms with Crippen molar-refractivity contribution in [1.29, 1.82) is 0 Å². The molecule has 0 aromatic heterocycles. The van der Waals surface area contributed by atoms with Gasteiger partial charge in [0.15, 0.2) is 0 Å². The van der Waals surface area contributed by atoms with Gasteiger partial charge in [0.05, 0.1) is 5.75 Å². The summed E-state index contributed by atoms with van der Waals surface area (Å²) in [4.78, 5) is 0. The predicted molar refractivity (Wildman–Crippen MR) is 85.2 cm³/mol. The van der Waals surface area contributed by atoms with Crippen LogP contribution in [-0.4, -0.2) is 44.7 Å². The fraction of sp³-hybridized carbons (Fsp3) is 1.00. The average Bonchev–Trinajstić information content (AvgIpc) is 2.36. The lowest BCUT2D eigenvalue weighted by molar-refractivity contribution is 0.326. The standard InChI is InChI=1S/C15H32N2O2S/c1-13(2)11-17(12-14(3)4)20(18,19)10-7-15-5-8-16-9-6-15/h13-16H,5-12H2,1-4H3. The molecule has 0 bridgehead atoms.